The van der Waals surface area contributed by atoms with Crippen LogP contribution in [0.2, 0.25) is 0 Å². The van der Waals surface area contributed by atoms with Gasteiger partial charge in [0.15, 0.2) is 0 Å². The van der Waals surface area contributed by atoms with Gasteiger partial charge in [0, 0.05) is 0 Å². The van der Waals surface area contributed by atoms with E-state index in [2.05, 4.69) is 0 Å². The van der Waals surface area contributed by atoms with E-state index in [1.165, 1.54) is 6.07 Å². The predicted molar refractivity (Wildman–Crippen MR) is 56.4 cm³/mol. The molecule has 0 aliphatic heterocycles. The zero-order chi connectivity index (χ0) is 10.1. The quantitative estimate of drug-likeness (QED) is 0.699. The summed E-state index contributed by atoms with van der Waals surface area (Å²) in [6.07, 6.45) is 0. The molecule has 2 aromatic rings. The van der Waals surface area contributed by atoms with Crippen molar-refractivity contribution in [2.75, 3.05) is 14.1 Å². The Morgan fingerprint density at radius 1 is 1.00 bits per heavy atom. The molecular weight excluding hydrogens is 177 g/mol. The van der Waals surface area contributed by atoms with Crippen LogP contribution in [0.25, 0.3) is 10.8 Å². The third-order valence-electron chi connectivity index (χ3n) is 2.39. The molecule has 0 radical (unpaired) electrons. The monoisotopic (exact) mass is 190 g/mol. The number of rotatable bonds is 1. The second kappa shape index (κ2) is 3.39. The lowest BCUT2D eigenvalue weighted by Gasteiger charge is -2.10. The summed E-state index contributed by atoms with van der Waals surface area (Å²) in [5.74, 6) is -0.140. The van der Waals surface area contributed by atoms with Gasteiger partial charge in [0.2, 0.25) is 0 Å². The van der Waals surface area contributed by atoms with Gasteiger partial charge >= 0.3 is 0 Å². The minimum absolute atomic E-state index is 0.140. The van der Waals surface area contributed by atoms with E-state index >= 15 is 0 Å². The molecule has 0 aliphatic rings. The number of hydrogen-bond acceptors (Lipinski definition) is 0. The lowest BCUT2D eigenvalue weighted by molar-refractivity contribution is -0.785. The smallest absolute Gasteiger partial charge is 0.141 e. The molecule has 0 amide bonds. The summed E-state index contributed by atoms with van der Waals surface area (Å²) >= 11 is 0. The Morgan fingerprint density at radius 2 is 1.64 bits per heavy atom. The Balaban J connectivity index is 2.84. The standard InChI is InChI=1S/C12H12FN/c1-14(2)11-8-4-6-9-5-3-7-10(13)12(9)11/h3-8H,1-2H3/p+1. The fraction of sp³-hybridized carbons (Fsp3) is 0.167. The molecule has 1 nitrogen and oxygen atoms in total. The summed E-state index contributed by atoms with van der Waals surface area (Å²) in [6.45, 7) is 0. The van der Waals surface area contributed by atoms with E-state index in [0.717, 1.165) is 21.4 Å². The van der Waals surface area contributed by atoms with Gasteiger partial charge in [-0.3, -0.25) is 0 Å². The normalized spacial score (nSPS) is 11.1. The Hall–Kier alpha value is -1.41. The molecule has 2 aromatic carbocycles. The van der Waals surface area contributed by atoms with Crippen molar-refractivity contribution in [1.82, 2.24) is 0 Å². The molecule has 0 bridgehead atoms. The van der Waals surface area contributed by atoms with Crippen LogP contribution >= 0.6 is 0 Å². The molecule has 0 aliphatic carbocycles. The van der Waals surface area contributed by atoms with Crippen molar-refractivity contribution in [2.24, 2.45) is 0 Å². The zero-order valence-electron chi connectivity index (χ0n) is 8.34. The maximum atomic E-state index is 13.6. The van der Waals surface area contributed by atoms with Gasteiger partial charge in [-0.2, -0.15) is 0 Å². The van der Waals surface area contributed by atoms with Crippen molar-refractivity contribution in [1.29, 1.82) is 0 Å². The van der Waals surface area contributed by atoms with Gasteiger partial charge in [-0.25, -0.2) is 4.39 Å². The van der Waals surface area contributed by atoms with Gasteiger partial charge in [0.05, 0.1) is 19.5 Å². The van der Waals surface area contributed by atoms with Gasteiger partial charge in [-0.05, 0) is 17.5 Å². The molecule has 14 heavy (non-hydrogen) atoms. The first-order valence-electron chi connectivity index (χ1n) is 4.68. The first kappa shape index (κ1) is 9.16. The fourth-order valence-corrected chi connectivity index (χ4v) is 1.71. The highest BCUT2D eigenvalue weighted by Crippen LogP contribution is 2.22. The van der Waals surface area contributed by atoms with Gasteiger partial charge < -0.3 is 4.90 Å². The van der Waals surface area contributed by atoms with Crippen molar-refractivity contribution in [2.45, 2.75) is 0 Å². The number of nitrogens with one attached hydrogen (secondary N) is 1. The third kappa shape index (κ3) is 1.38. The minimum atomic E-state index is -0.140. The second-order valence-corrected chi connectivity index (χ2v) is 3.64. The highest BCUT2D eigenvalue weighted by atomic mass is 19.1. The molecule has 0 heterocycles. The summed E-state index contributed by atoms with van der Waals surface area (Å²) < 4.78 is 13.6. The van der Waals surface area contributed by atoms with E-state index in [9.17, 15) is 4.39 Å². The van der Waals surface area contributed by atoms with Gasteiger partial charge in [0.1, 0.15) is 11.5 Å². The lowest BCUT2D eigenvalue weighted by Crippen LogP contribution is -3.00. The Labute approximate surface area is 82.8 Å². The van der Waals surface area contributed by atoms with E-state index < -0.39 is 0 Å². The highest BCUT2D eigenvalue weighted by Gasteiger charge is 2.10. The molecule has 0 saturated carbocycles. The van der Waals surface area contributed by atoms with E-state index in [1.54, 1.807) is 6.07 Å². The van der Waals surface area contributed by atoms with Gasteiger partial charge in [-0.15, -0.1) is 0 Å². The first-order valence-corrected chi connectivity index (χ1v) is 4.68. The summed E-state index contributed by atoms with van der Waals surface area (Å²) in [4.78, 5) is 1.14. The molecule has 2 heteroatoms. The second-order valence-electron chi connectivity index (χ2n) is 3.64. The SMILES string of the molecule is C[NH+](C)c1cccc2cccc(F)c12. The molecule has 0 fully saturated rings. The third-order valence-corrected chi connectivity index (χ3v) is 2.39. The maximum absolute atomic E-state index is 13.6. The summed E-state index contributed by atoms with van der Waals surface area (Å²) in [6, 6.07) is 11.0. The topological polar surface area (TPSA) is 4.44 Å². The van der Waals surface area contributed by atoms with Crippen molar-refractivity contribution in [3.63, 3.8) is 0 Å². The van der Waals surface area contributed by atoms with Crippen LogP contribution < -0.4 is 4.90 Å². The molecule has 2 rings (SSSR count). The molecule has 0 aromatic heterocycles. The average Bonchev–Trinajstić information content (AvgIpc) is 2.17. The van der Waals surface area contributed by atoms with Crippen LogP contribution in [-0.2, 0) is 0 Å². The predicted octanol–water partition coefficient (Wildman–Crippen LogP) is 1.75. The largest absolute Gasteiger partial charge is 0.307 e. The van der Waals surface area contributed by atoms with Crippen LogP contribution in [0.15, 0.2) is 36.4 Å². The van der Waals surface area contributed by atoms with Gasteiger partial charge in [0.25, 0.3) is 0 Å². The molecular formula is C12H13FN+. The molecule has 0 unspecified atom stereocenters. The van der Waals surface area contributed by atoms with Crippen LogP contribution in [0.3, 0.4) is 0 Å². The van der Waals surface area contributed by atoms with Crippen LogP contribution in [0, 0.1) is 5.82 Å². The van der Waals surface area contributed by atoms with E-state index in [0.29, 0.717) is 0 Å². The van der Waals surface area contributed by atoms with Crippen molar-refractivity contribution >= 4 is 16.5 Å². The van der Waals surface area contributed by atoms with Gasteiger partial charge in [-0.1, -0.05) is 24.3 Å². The highest BCUT2D eigenvalue weighted by molar-refractivity contribution is 5.91. The minimum Gasteiger partial charge on any atom is -0.307 e. The molecule has 72 valence electrons. The number of halogens is 1. The number of quaternary nitrogens is 1. The Kier molecular flexibility index (Phi) is 2.22. The number of benzene rings is 2. The van der Waals surface area contributed by atoms with Crippen molar-refractivity contribution in [3.8, 4) is 0 Å². The van der Waals surface area contributed by atoms with E-state index in [1.807, 2.05) is 38.4 Å². The Bertz CT molecular complexity index is 458. The van der Waals surface area contributed by atoms with Crippen LogP contribution in [0.5, 0.6) is 0 Å². The molecule has 1 N–H and O–H groups in total. The number of fused-ring (bicyclic) bond motifs is 1. The lowest BCUT2D eigenvalue weighted by atomic mass is 10.1. The summed E-state index contributed by atoms with van der Waals surface area (Å²) in [7, 11) is 4.00. The Morgan fingerprint density at radius 3 is 2.29 bits per heavy atom. The zero-order valence-corrected chi connectivity index (χ0v) is 8.34. The van der Waals surface area contributed by atoms with E-state index in [-0.39, 0.29) is 5.82 Å². The van der Waals surface area contributed by atoms with Crippen LogP contribution in [-0.4, -0.2) is 14.1 Å². The average molecular weight is 190 g/mol. The number of hydrogen-bond donors (Lipinski definition) is 1. The molecule has 0 atom stereocenters. The first-order chi connectivity index (χ1) is 6.70. The maximum Gasteiger partial charge on any atom is 0.141 e. The fourth-order valence-electron chi connectivity index (χ4n) is 1.71. The van der Waals surface area contributed by atoms with Crippen molar-refractivity contribution in [3.05, 3.63) is 42.2 Å². The van der Waals surface area contributed by atoms with Crippen LogP contribution in [0.4, 0.5) is 10.1 Å². The molecule has 0 saturated heterocycles. The molecule has 0 spiro atoms. The van der Waals surface area contributed by atoms with E-state index in [4.69, 9.17) is 0 Å². The van der Waals surface area contributed by atoms with Crippen molar-refractivity contribution < 1.29 is 9.29 Å². The summed E-state index contributed by atoms with van der Waals surface area (Å²) in [5.41, 5.74) is 1.00. The summed E-state index contributed by atoms with van der Waals surface area (Å²) in [5, 5.41) is 1.69. The van der Waals surface area contributed by atoms with Crippen LogP contribution in [0.1, 0.15) is 0 Å².